The summed E-state index contributed by atoms with van der Waals surface area (Å²) in [6, 6.07) is 22.3. The molecule has 12 N–H and O–H groups in total. The van der Waals surface area contributed by atoms with Gasteiger partial charge in [0, 0.05) is 47.8 Å². The standard InChI is InChI=1S/C35H38O14.C19H16Br2O4.C8H12O5.CH4/c1-17(38)46-15-35(16-47-18(2)39)23-11-19(5-9-25-29(40)33(44)31(42)27(13-36)48-25)3-7-21(23)22-8-4-20(12-24(22)35)6-10-26-30(41)34(45)32(43)28(14-37)49-26;1-11(22)24-9-19(10-25-12(2)23)17-7-13(20)3-5-15(17)16-6-4-14(21)8-18(16)19;1-2-4-6(10)8(12)7(11)5(3-9)13-4;/h3-4,7-8,11-12,25-34,36-37,40-45H,13-16H2,1-2H3;3-8H,9-10H2,1-2H3;1,4-12H,3H2;1H4/t25-,26-,27-,28-,29-,30-,31-,32-,33-,34-;;4-,5-,6-,7-,8-;/m1.1./s1. The second kappa shape index (κ2) is 30.5. The van der Waals surface area contributed by atoms with Gasteiger partial charge in [-0.15, -0.1) is 6.42 Å². The number of halogens is 2. The van der Waals surface area contributed by atoms with Crippen LogP contribution >= 0.6 is 31.9 Å². The molecule has 2 aliphatic carbocycles. The lowest BCUT2D eigenvalue weighted by atomic mass is 9.78. The van der Waals surface area contributed by atoms with E-state index in [0.29, 0.717) is 33.4 Å². The largest absolute Gasteiger partial charge is 0.464 e. The van der Waals surface area contributed by atoms with Crippen LogP contribution in [0.5, 0.6) is 0 Å². The van der Waals surface area contributed by atoms with E-state index in [0.717, 1.165) is 31.2 Å². The number of esters is 4. The molecule has 3 heterocycles. The molecule has 25 heteroatoms. The Balaban J connectivity index is 0.000000261. The number of hydrogen-bond acceptors (Lipinski definition) is 23. The summed E-state index contributed by atoms with van der Waals surface area (Å²) in [5.74, 6) is 11.5. The summed E-state index contributed by atoms with van der Waals surface area (Å²) < 4.78 is 39.6. The van der Waals surface area contributed by atoms with Crippen molar-refractivity contribution in [2.45, 2.75) is 138 Å². The van der Waals surface area contributed by atoms with Gasteiger partial charge in [-0.25, -0.2) is 0 Å². The molecule has 0 spiro atoms. The maximum atomic E-state index is 12.1. The first-order valence-electron chi connectivity index (χ1n) is 27.1. The van der Waals surface area contributed by atoms with Gasteiger partial charge in [0.1, 0.15) is 118 Å². The van der Waals surface area contributed by atoms with Crippen LogP contribution in [0, 0.1) is 36.0 Å². The SMILES string of the molecule is C.C#C[C@H]1O[C@H](CO)[C@@H](O)[C@H](O)[C@@H]1O.CC(=O)OCC1(COC(C)=O)c2cc(Br)ccc2-c2ccc(Br)cc21.CC(=O)OCC1(COC(C)=O)c2cc(C#C[C@H]3O[C@H](CO)[C@@H](O)[C@H](O)[C@@H]3O)ccc2-c2ccc(C#C[C@H]3O[C@H](CO)[C@@H](O)[C@H](O)[C@@H]3O)cc21. The first kappa shape index (κ1) is 70.9. The zero-order valence-corrected chi connectivity index (χ0v) is 50.4. The zero-order valence-electron chi connectivity index (χ0n) is 47.2. The number of aliphatic hydroxyl groups is 12. The Morgan fingerprint density at radius 2 is 0.716 bits per heavy atom. The lowest BCUT2D eigenvalue weighted by Crippen LogP contribution is -2.58. The highest BCUT2D eigenvalue weighted by Crippen LogP contribution is 2.52. The summed E-state index contributed by atoms with van der Waals surface area (Å²) in [5.41, 5.74) is 5.48. The van der Waals surface area contributed by atoms with Crippen LogP contribution in [0.25, 0.3) is 22.3 Å². The fourth-order valence-electron chi connectivity index (χ4n) is 10.7. The van der Waals surface area contributed by atoms with E-state index in [1.807, 2.05) is 36.4 Å². The van der Waals surface area contributed by atoms with E-state index >= 15 is 0 Å². The highest BCUT2D eigenvalue weighted by molar-refractivity contribution is 9.10. The maximum absolute atomic E-state index is 12.1. The number of hydrogen-bond donors (Lipinski definition) is 12. The topological polar surface area (TPSA) is 376 Å². The average molecular weight is 1360 g/mol. The van der Waals surface area contributed by atoms with Gasteiger partial charge in [0.25, 0.3) is 0 Å². The van der Waals surface area contributed by atoms with Gasteiger partial charge in [-0.2, -0.15) is 0 Å². The summed E-state index contributed by atoms with van der Waals surface area (Å²) in [4.78, 5) is 47.2. The van der Waals surface area contributed by atoms with Gasteiger partial charge in [0.2, 0.25) is 0 Å². The van der Waals surface area contributed by atoms with E-state index < -0.39 is 134 Å². The van der Waals surface area contributed by atoms with Crippen LogP contribution in [0.3, 0.4) is 0 Å². The van der Waals surface area contributed by atoms with Gasteiger partial charge in [-0.3, -0.25) is 19.2 Å². The molecule has 0 aromatic heterocycles. The van der Waals surface area contributed by atoms with Crippen molar-refractivity contribution in [1.29, 1.82) is 0 Å². The number of benzene rings is 4. The van der Waals surface area contributed by atoms with Crippen LogP contribution in [0.15, 0.2) is 81.7 Å². The lowest BCUT2D eigenvalue weighted by molar-refractivity contribution is -0.214. The number of aliphatic hydroxyl groups excluding tert-OH is 12. The summed E-state index contributed by atoms with van der Waals surface area (Å²) in [6.07, 6.45) is -15.1. The first-order chi connectivity index (χ1) is 41.2. The number of ether oxygens (including phenoxy) is 7. The van der Waals surface area contributed by atoms with Crippen LogP contribution < -0.4 is 0 Å². The molecule has 15 atom stereocenters. The van der Waals surface area contributed by atoms with Gasteiger partial charge in [-0.1, -0.05) is 93.2 Å². The van der Waals surface area contributed by atoms with E-state index in [2.05, 4.69) is 61.5 Å². The van der Waals surface area contributed by atoms with E-state index in [1.54, 1.807) is 36.4 Å². The third kappa shape index (κ3) is 15.3. The highest BCUT2D eigenvalue weighted by atomic mass is 79.9. The fraction of sp³-hybridized carbons (Fsp3) is 0.460. The molecular formula is C63H70Br2O23. The fourth-order valence-corrected chi connectivity index (χ4v) is 11.4. The summed E-state index contributed by atoms with van der Waals surface area (Å²) in [6.45, 7) is 3.26. The molecule has 3 aliphatic heterocycles. The van der Waals surface area contributed by atoms with Gasteiger partial charge in [0.15, 0.2) is 0 Å². The molecule has 0 amide bonds. The average Bonchev–Trinajstić information content (AvgIpc) is 1.69. The van der Waals surface area contributed by atoms with Crippen molar-refractivity contribution >= 4 is 55.7 Å². The number of rotatable bonds is 11. The summed E-state index contributed by atoms with van der Waals surface area (Å²) in [5, 5.41) is 117. The van der Waals surface area contributed by atoms with Crippen LogP contribution in [0.4, 0.5) is 0 Å². The van der Waals surface area contributed by atoms with Crippen LogP contribution in [-0.4, -0.2) is 223 Å². The van der Waals surface area contributed by atoms with E-state index in [4.69, 9.17) is 44.7 Å². The molecule has 3 fully saturated rings. The normalized spacial score (nSPS) is 28.0. The molecule has 23 nitrogen and oxygen atoms in total. The summed E-state index contributed by atoms with van der Waals surface area (Å²) in [7, 11) is 0. The third-order valence-corrected chi connectivity index (χ3v) is 16.3. The maximum Gasteiger partial charge on any atom is 0.302 e. The smallest absolute Gasteiger partial charge is 0.302 e. The molecule has 0 bridgehead atoms. The van der Waals surface area contributed by atoms with E-state index in [1.165, 1.54) is 27.7 Å². The van der Waals surface area contributed by atoms with E-state index in [-0.39, 0.29) is 45.8 Å². The second-order valence-corrected chi connectivity index (χ2v) is 23.0. The van der Waals surface area contributed by atoms with E-state index in [9.17, 15) is 75.3 Å². The number of carbonyl (C=O) groups is 4. The Bertz CT molecular complexity index is 3140. The molecule has 0 radical (unpaired) electrons. The molecule has 3 saturated heterocycles. The van der Waals surface area contributed by atoms with Gasteiger partial charge >= 0.3 is 23.9 Å². The minimum atomic E-state index is -1.60. The highest BCUT2D eigenvalue weighted by Gasteiger charge is 2.49. The van der Waals surface area contributed by atoms with Crippen LogP contribution in [0.1, 0.15) is 68.5 Å². The van der Waals surface area contributed by atoms with Gasteiger partial charge < -0.3 is 94.4 Å². The predicted molar refractivity (Wildman–Crippen MR) is 318 cm³/mol. The molecule has 4 aromatic carbocycles. The Morgan fingerprint density at radius 3 is 1.00 bits per heavy atom. The summed E-state index contributed by atoms with van der Waals surface area (Å²) >= 11 is 7.02. The Hall–Kier alpha value is -6.20. The molecule has 5 aliphatic rings. The second-order valence-electron chi connectivity index (χ2n) is 21.1. The Kier molecular flexibility index (Phi) is 24.6. The van der Waals surface area contributed by atoms with Crippen molar-refractivity contribution in [1.82, 2.24) is 0 Å². The molecule has 88 heavy (non-hydrogen) atoms. The molecule has 0 saturated carbocycles. The van der Waals surface area contributed by atoms with Gasteiger partial charge in [-0.05, 0) is 93.0 Å². The van der Waals surface area contributed by atoms with Crippen molar-refractivity contribution in [2.24, 2.45) is 0 Å². The molecule has 9 rings (SSSR count). The van der Waals surface area contributed by atoms with Crippen molar-refractivity contribution in [3.05, 3.63) is 115 Å². The van der Waals surface area contributed by atoms with Crippen molar-refractivity contribution < 1.29 is 114 Å². The minimum Gasteiger partial charge on any atom is -0.464 e. The Morgan fingerprint density at radius 1 is 0.443 bits per heavy atom. The minimum absolute atomic E-state index is 0. The third-order valence-electron chi connectivity index (χ3n) is 15.3. The molecule has 0 unspecified atom stereocenters. The number of carbonyl (C=O) groups excluding carboxylic acids is 4. The first-order valence-corrected chi connectivity index (χ1v) is 28.7. The Labute approximate surface area is 524 Å². The quantitative estimate of drug-likeness (QED) is 0.0541. The molecule has 4 aromatic rings. The lowest BCUT2D eigenvalue weighted by Gasteiger charge is -2.37. The van der Waals surface area contributed by atoms with Crippen LogP contribution in [0.2, 0.25) is 0 Å². The van der Waals surface area contributed by atoms with Crippen molar-refractivity contribution in [3.8, 4) is 58.3 Å². The van der Waals surface area contributed by atoms with Gasteiger partial charge in [0.05, 0.1) is 30.7 Å². The van der Waals surface area contributed by atoms with Crippen molar-refractivity contribution in [2.75, 3.05) is 46.2 Å². The number of terminal acetylenes is 1. The zero-order chi connectivity index (χ0) is 63.8. The number of fused-ring (bicyclic) bond motifs is 6. The monoisotopic (exact) mass is 1350 g/mol. The molecular weight excluding hydrogens is 1280 g/mol. The molecule has 474 valence electrons. The van der Waals surface area contributed by atoms with Crippen molar-refractivity contribution in [3.63, 3.8) is 0 Å². The predicted octanol–water partition coefficient (Wildman–Crippen LogP) is 0.170. The van der Waals surface area contributed by atoms with Crippen LogP contribution in [-0.2, 0) is 63.2 Å².